The van der Waals surface area contributed by atoms with Crippen molar-refractivity contribution in [2.75, 3.05) is 11.9 Å². The smallest absolute Gasteiger partial charge is 0.0465 e. The first-order valence-electron chi connectivity index (χ1n) is 3.23. The fraction of sp³-hybridized carbons (Fsp3) is 0.714. The summed E-state index contributed by atoms with van der Waals surface area (Å²) in [6.07, 6.45) is 7.22. The highest BCUT2D eigenvalue weighted by atomic mass is 79.9. The van der Waals surface area contributed by atoms with Crippen LogP contribution in [0.15, 0.2) is 12.2 Å². The van der Waals surface area contributed by atoms with Gasteiger partial charge in [0.1, 0.15) is 0 Å². The van der Waals surface area contributed by atoms with E-state index in [0.717, 1.165) is 18.2 Å². The Morgan fingerprint density at radius 1 is 1.22 bits per heavy atom. The van der Waals surface area contributed by atoms with Gasteiger partial charge in [-0.3, -0.25) is 0 Å². The molecule has 0 aliphatic heterocycles. The monoisotopic (exact) mass is 192 g/mol. The third-order valence-corrected chi connectivity index (χ3v) is 1.53. The molecule has 0 heterocycles. The summed E-state index contributed by atoms with van der Waals surface area (Å²) in [5, 5.41) is 9.43. The summed E-state index contributed by atoms with van der Waals surface area (Å²) in [5.74, 6) is 0. The molecule has 0 unspecified atom stereocenters. The number of unbranched alkanes of at least 4 members (excludes halogenated alkanes) is 1. The van der Waals surface area contributed by atoms with Gasteiger partial charge in [0, 0.05) is 11.9 Å². The Bertz CT molecular complexity index is 71.3. The summed E-state index contributed by atoms with van der Waals surface area (Å²) in [5.41, 5.74) is 0. The highest BCUT2D eigenvalue weighted by Gasteiger charge is 1.77. The molecule has 9 heavy (non-hydrogen) atoms. The Labute approximate surface area is 64.9 Å². The van der Waals surface area contributed by atoms with Gasteiger partial charge < -0.3 is 5.11 Å². The molecular weight excluding hydrogens is 180 g/mol. The Morgan fingerprint density at radius 3 is 2.44 bits per heavy atom. The minimum atomic E-state index is 0.269. The van der Waals surface area contributed by atoms with Crippen LogP contribution in [-0.2, 0) is 0 Å². The fourth-order valence-corrected chi connectivity index (χ4v) is 0.829. The Balaban J connectivity index is 2.86. The maximum atomic E-state index is 8.36. The fourth-order valence-electron chi connectivity index (χ4n) is 0.505. The van der Waals surface area contributed by atoms with Gasteiger partial charge in [-0.1, -0.05) is 28.1 Å². The second-order valence-electron chi connectivity index (χ2n) is 1.81. The van der Waals surface area contributed by atoms with E-state index in [1.54, 1.807) is 0 Å². The number of aliphatic hydroxyl groups excluding tert-OH is 1. The van der Waals surface area contributed by atoms with Crippen molar-refractivity contribution in [1.29, 1.82) is 0 Å². The van der Waals surface area contributed by atoms with E-state index in [0.29, 0.717) is 0 Å². The van der Waals surface area contributed by atoms with Crippen molar-refractivity contribution >= 4 is 15.9 Å². The lowest BCUT2D eigenvalue weighted by Crippen LogP contribution is -1.76. The van der Waals surface area contributed by atoms with Crippen molar-refractivity contribution in [3.63, 3.8) is 0 Å². The lowest BCUT2D eigenvalue weighted by Gasteiger charge is -1.86. The predicted octanol–water partition coefficient (Wildman–Crippen LogP) is 2.10. The maximum absolute atomic E-state index is 8.36. The Morgan fingerprint density at radius 2 is 1.89 bits per heavy atom. The summed E-state index contributed by atoms with van der Waals surface area (Å²) in [4.78, 5) is 0. The Kier molecular flexibility index (Phi) is 8.34. The van der Waals surface area contributed by atoms with Gasteiger partial charge in [0.05, 0.1) is 0 Å². The van der Waals surface area contributed by atoms with Gasteiger partial charge in [0.15, 0.2) is 0 Å². The average Bonchev–Trinajstić information content (AvgIpc) is 1.89. The molecule has 0 saturated carbocycles. The Hall–Kier alpha value is 0.180. The molecule has 0 aliphatic rings. The van der Waals surface area contributed by atoms with Crippen molar-refractivity contribution in [3.8, 4) is 0 Å². The van der Waals surface area contributed by atoms with Gasteiger partial charge in [-0.15, -0.1) is 0 Å². The number of halogens is 1. The highest BCUT2D eigenvalue weighted by Crippen LogP contribution is 1.95. The first-order chi connectivity index (χ1) is 4.41. The molecule has 0 fully saturated rings. The zero-order valence-electron chi connectivity index (χ0n) is 5.52. The van der Waals surface area contributed by atoms with E-state index < -0.39 is 0 Å². The number of hydrogen-bond donors (Lipinski definition) is 1. The predicted molar refractivity (Wildman–Crippen MR) is 43.9 cm³/mol. The van der Waals surface area contributed by atoms with Crippen LogP contribution in [0.25, 0.3) is 0 Å². The normalized spacial score (nSPS) is 10.9. The van der Waals surface area contributed by atoms with Crippen LogP contribution in [0, 0.1) is 0 Å². The van der Waals surface area contributed by atoms with E-state index in [2.05, 4.69) is 22.0 Å². The largest absolute Gasteiger partial charge is 0.396 e. The van der Waals surface area contributed by atoms with E-state index in [1.807, 2.05) is 6.08 Å². The van der Waals surface area contributed by atoms with Gasteiger partial charge in [-0.05, 0) is 19.3 Å². The first kappa shape index (κ1) is 9.18. The van der Waals surface area contributed by atoms with Gasteiger partial charge >= 0.3 is 0 Å². The molecule has 1 N–H and O–H groups in total. The molecule has 0 bridgehead atoms. The molecule has 54 valence electrons. The molecule has 0 aromatic carbocycles. The van der Waals surface area contributed by atoms with Crippen LogP contribution in [0.1, 0.15) is 19.3 Å². The van der Waals surface area contributed by atoms with Crippen molar-refractivity contribution in [1.82, 2.24) is 0 Å². The van der Waals surface area contributed by atoms with E-state index in [1.165, 1.54) is 6.42 Å². The van der Waals surface area contributed by atoms with E-state index in [-0.39, 0.29) is 6.61 Å². The highest BCUT2D eigenvalue weighted by molar-refractivity contribution is 9.09. The quantitative estimate of drug-likeness (QED) is 0.402. The molecule has 0 radical (unpaired) electrons. The van der Waals surface area contributed by atoms with Crippen LogP contribution in [-0.4, -0.2) is 17.0 Å². The third kappa shape index (κ3) is 8.18. The summed E-state index contributed by atoms with van der Waals surface area (Å²) in [6.45, 7) is 0.269. The van der Waals surface area contributed by atoms with E-state index >= 15 is 0 Å². The molecule has 0 spiro atoms. The number of allylic oxidation sites excluding steroid dienone is 1. The van der Waals surface area contributed by atoms with Crippen LogP contribution in [0.5, 0.6) is 0 Å². The van der Waals surface area contributed by atoms with Crippen molar-refractivity contribution in [2.45, 2.75) is 19.3 Å². The molecule has 0 saturated heterocycles. The molecule has 1 nitrogen and oxygen atoms in total. The molecular formula is C7H13BrO. The van der Waals surface area contributed by atoms with Crippen molar-refractivity contribution < 1.29 is 5.11 Å². The zero-order chi connectivity index (χ0) is 6.95. The average molecular weight is 193 g/mol. The standard InChI is InChI=1S/C7H13BrO/c8-6-4-2-1-3-5-7-9/h1,3,9H,2,4-7H2/b3-1-. The minimum Gasteiger partial charge on any atom is -0.396 e. The number of aliphatic hydroxyl groups is 1. The van der Waals surface area contributed by atoms with Crippen LogP contribution in [0.2, 0.25) is 0 Å². The van der Waals surface area contributed by atoms with Gasteiger partial charge in [-0.25, -0.2) is 0 Å². The second kappa shape index (κ2) is 8.18. The first-order valence-corrected chi connectivity index (χ1v) is 4.35. The van der Waals surface area contributed by atoms with Gasteiger partial charge in [-0.2, -0.15) is 0 Å². The lowest BCUT2D eigenvalue weighted by molar-refractivity contribution is 0.302. The second-order valence-corrected chi connectivity index (χ2v) is 2.61. The number of alkyl halides is 1. The molecule has 0 atom stereocenters. The van der Waals surface area contributed by atoms with Crippen LogP contribution in [0.3, 0.4) is 0 Å². The van der Waals surface area contributed by atoms with Gasteiger partial charge in [0.2, 0.25) is 0 Å². The minimum absolute atomic E-state index is 0.269. The van der Waals surface area contributed by atoms with E-state index in [9.17, 15) is 0 Å². The number of rotatable bonds is 5. The molecule has 0 rings (SSSR count). The van der Waals surface area contributed by atoms with Crippen LogP contribution >= 0.6 is 15.9 Å². The molecule has 0 aromatic heterocycles. The molecule has 0 amide bonds. The third-order valence-electron chi connectivity index (χ3n) is 0.967. The van der Waals surface area contributed by atoms with Crippen molar-refractivity contribution in [2.24, 2.45) is 0 Å². The summed E-state index contributed by atoms with van der Waals surface area (Å²) in [7, 11) is 0. The van der Waals surface area contributed by atoms with Crippen molar-refractivity contribution in [3.05, 3.63) is 12.2 Å². The van der Waals surface area contributed by atoms with Gasteiger partial charge in [0.25, 0.3) is 0 Å². The summed E-state index contributed by atoms with van der Waals surface area (Å²) in [6, 6.07) is 0. The summed E-state index contributed by atoms with van der Waals surface area (Å²) >= 11 is 3.34. The molecule has 2 heteroatoms. The lowest BCUT2D eigenvalue weighted by atomic mass is 10.3. The van der Waals surface area contributed by atoms with Crippen LogP contribution in [0.4, 0.5) is 0 Å². The SMILES string of the molecule is OCC/C=C\CCCBr. The summed E-state index contributed by atoms with van der Waals surface area (Å²) < 4.78 is 0. The molecule has 0 aliphatic carbocycles. The topological polar surface area (TPSA) is 20.2 Å². The van der Waals surface area contributed by atoms with Crippen LogP contribution < -0.4 is 0 Å². The zero-order valence-corrected chi connectivity index (χ0v) is 7.10. The number of hydrogen-bond acceptors (Lipinski definition) is 1. The molecule has 0 aromatic rings. The maximum Gasteiger partial charge on any atom is 0.0465 e. The van der Waals surface area contributed by atoms with E-state index in [4.69, 9.17) is 5.11 Å².